The third-order valence-corrected chi connectivity index (χ3v) is 3.47. The van der Waals surface area contributed by atoms with Gasteiger partial charge in [-0.25, -0.2) is 0 Å². The molecular formula is C19H23NO3. The van der Waals surface area contributed by atoms with Crippen LogP contribution in [-0.4, -0.2) is 37.7 Å². The smallest absolute Gasteiger partial charge is 0.119 e. The molecule has 23 heavy (non-hydrogen) atoms. The van der Waals surface area contributed by atoms with E-state index in [9.17, 15) is 5.11 Å². The Hall–Kier alpha value is -2.33. The Labute approximate surface area is 137 Å². The van der Waals surface area contributed by atoms with Gasteiger partial charge in [0, 0.05) is 6.21 Å². The summed E-state index contributed by atoms with van der Waals surface area (Å²) < 4.78 is 10.6. The van der Waals surface area contributed by atoms with Crippen LogP contribution in [-0.2, 0) is 6.42 Å². The van der Waals surface area contributed by atoms with Crippen molar-refractivity contribution in [2.75, 3.05) is 20.3 Å². The SMILES string of the molecule is CCOc1ccc(CC(CO)/N=C/c2ccc(OC)cc2)cc1. The molecule has 1 atom stereocenters. The van der Waals surface area contributed by atoms with E-state index in [-0.39, 0.29) is 12.6 Å². The Morgan fingerprint density at radius 2 is 1.70 bits per heavy atom. The van der Waals surface area contributed by atoms with E-state index in [0.29, 0.717) is 13.0 Å². The average Bonchev–Trinajstić information content (AvgIpc) is 2.60. The maximum atomic E-state index is 9.53. The van der Waals surface area contributed by atoms with Crippen LogP contribution in [0.1, 0.15) is 18.1 Å². The summed E-state index contributed by atoms with van der Waals surface area (Å²) >= 11 is 0. The predicted octanol–water partition coefficient (Wildman–Crippen LogP) is 3.12. The van der Waals surface area contributed by atoms with Crippen molar-refractivity contribution in [2.24, 2.45) is 4.99 Å². The molecule has 0 radical (unpaired) electrons. The molecule has 0 amide bonds. The van der Waals surface area contributed by atoms with E-state index in [4.69, 9.17) is 9.47 Å². The summed E-state index contributed by atoms with van der Waals surface area (Å²) in [6.45, 7) is 2.63. The summed E-state index contributed by atoms with van der Waals surface area (Å²) in [6.07, 6.45) is 2.48. The second-order valence-corrected chi connectivity index (χ2v) is 5.17. The van der Waals surface area contributed by atoms with E-state index < -0.39 is 0 Å². The number of hydrogen-bond donors (Lipinski definition) is 1. The van der Waals surface area contributed by atoms with Gasteiger partial charge in [-0.1, -0.05) is 12.1 Å². The first-order valence-corrected chi connectivity index (χ1v) is 7.75. The van der Waals surface area contributed by atoms with Crippen molar-refractivity contribution >= 4 is 6.21 Å². The Kier molecular flexibility index (Phi) is 6.63. The molecule has 0 saturated heterocycles. The number of aliphatic hydroxyl groups is 1. The second-order valence-electron chi connectivity index (χ2n) is 5.17. The number of benzene rings is 2. The maximum Gasteiger partial charge on any atom is 0.119 e. The number of rotatable bonds is 8. The predicted molar refractivity (Wildman–Crippen MR) is 92.8 cm³/mol. The number of hydrogen-bond acceptors (Lipinski definition) is 4. The van der Waals surface area contributed by atoms with Crippen molar-refractivity contribution in [3.8, 4) is 11.5 Å². The van der Waals surface area contributed by atoms with E-state index in [1.54, 1.807) is 13.3 Å². The molecule has 0 aliphatic carbocycles. The van der Waals surface area contributed by atoms with Crippen LogP contribution < -0.4 is 9.47 Å². The van der Waals surface area contributed by atoms with E-state index >= 15 is 0 Å². The quantitative estimate of drug-likeness (QED) is 0.762. The molecule has 0 aromatic heterocycles. The molecule has 1 N–H and O–H groups in total. The zero-order chi connectivity index (χ0) is 16.5. The largest absolute Gasteiger partial charge is 0.497 e. The third-order valence-electron chi connectivity index (χ3n) is 3.47. The molecule has 0 aliphatic heterocycles. The standard InChI is InChI=1S/C19H23NO3/c1-3-23-19-10-4-15(5-11-19)12-17(14-21)20-13-16-6-8-18(22-2)9-7-16/h4-11,13,17,21H,3,12,14H2,1-2H3/b20-13+. The lowest BCUT2D eigenvalue weighted by Crippen LogP contribution is -2.14. The van der Waals surface area contributed by atoms with Gasteiger partial charge in [0.25, 0.3) is 0 Å². The van der Waals surface area contributed by atoms with Gasteiger partial charge >= 0.3 is 0 Å². The average molecular weight is 313 g/mol. The monoisotopic (exact) mass is 313 g/mol. The van der Waals surface area contributed by atoms with Crippen molar-refractivity contribution in [3.63, 3.8) is 0 Å². The maximum absolute atomic E-state index is 9.53. The topological polar surface area (TPSA) is 51.0 Å². The fourth-order valence-electron chi connectivity index (χ4n) is 2.21. The van der Waals surface area contributed by atoms with Gasteiger partial charge in [-0.2, -0.15) is 0 Å². The van der Waals surface area contributed by atoms with Crippen molar-refractivity contribution in [1.29, 1.82) is 0 Å². The van der Waals surface area contributed by atoms with Crippen LogP contribution in [0.3, 0.4) is 0 Å². The normalized spacial score (nSPS) is 12.3. The zero-order valence-electron chi connectivity index (χ0n) is 13.6. The minimum Gasteiger partial charge on any atom is -0.497 e. The molecule has 0 heterocycles. The number of aliphatic imine (C=N–C) groups is 1. The van der Waals surface area contributed by atoms with E-state index in [1.807, 2.05) is 55.5 Å². The van der Waals surface area contributed by atoms with Crippen LogP contribution in [0.4, 0.5) is 0 Å². The fourth-order valence-corrected chi connectivity index (χ4v) is 2.21. The van der Waals surface area contributed by atoms with Crippen LogP contribution in [0.2, 0.25) is 0 Å². The third kappa shape index (κ3) is 5.42. The summed E-state index contributed by atoms with van der Waals surface area (Å²) in [5.41, 5.74) is 2.11. The van der Waals surface area contributed by atoms with Gasteiger partial charge in [-0.05, 0) is 60.9 Å². The van der Waals surface area contributed by atoms with Crippen LogP contribution >= 0.6 is 0 Å². The van der Waals surface area contributed by atoms with E-state index in [0.717, 1.165) is 22.6 Å². The molecule has 122 valence electrons. The summed E-state index contributed by atoms with van der Waals surface area (Å²) in [5.74, 6) is 1.67. The van der Waals surface area contributed by atoms with Crippen LogP contribution in [0.15, 0.2) is 53.5 Å². The van der Waals surface area contributed by atoms with Crippen LogP contribution in [0.25, 0.3) is 0 Å². The van der Waals surface area contributed by atoms with Crippen molar-refractivity contribution in [2.45, 2.75) is 19.4 Å². The van der Waals surface area contributed by atoms with Gasteiger partial charge in [-0.15, -0.1) is 0 Å². The highest BCUT2D eigenvalue weighted by atomic mass is 16.5. The molecule has 2 aromatic carbocycles. The Morgan fingerprint density at radius 3 is 2.26 bits per heavy atom. The van der Waals surface area contributed by atoms with Crippen molar-refractivity contribution < 1.29 is 14.6 Å². The van der Waals surface area contributed by atoms with Gasteiger partial charge in [0.15, 0.2) is 0 Å². The fraction of sp³-hybridized carbons (Fsp3) is 0.316. The molecule has 0 aliphatic rings. The molecule has 0 saturated carbocycles. The minimum absolute atomic E-state index is 0.0138. The molecule has 0 fully saturated rings. The molecule has 1 unspecified atom stereocenters. The lowest BCUT2D eigenvalue weighted by atomic mass is 10.1. The number of methoxy groups -OCH3 is 1. The zero-order valence-corrected chi connectivity index (χ0v) is 13.6. The molecule has 2 rings (SSSR count). The minimum atomic E-state index is -0.157. The molecule has 0 spiro atoms. The van der Waals surface area contributed by atoms with E-state index in [2.05, 4.69) is 4.99 Å². The first kappa shape index (κ1) is 17.0. The Balaban J connectivity index is 1.97. The summed E-state index contributed by atoms with van der Waals surface area (Å²) in [6, 6.07) is 15.4. The summed E-state index contributed by atoms with van der Waals surface area (Å²) in [7, 11) is 1.64. The molecule has 4 heteroatoms. The van der Waals surface area contributed by atoms with Gasteiger partial charge < -0.3 is 14.6 Å². The van der Waals surface area contributed by atoms with Crippen molar-refractivity contribution in [3.05, 3.63) is 59.7 Å². The molecule has 2 aromatic rings. The first-order chi connectivity index (χ1) is 11.2. The van der Waals surface area contributed by atoms with Gasteiger partial charge in [0.1, 0.15) is 11.5 Å². The van der Waals surface area contributed by atoms with Crippen molar-refractivity contribution in [1.82, 2.24) is 0 Å². The number of nitrogens with zero attached hydrogens (tertiary/aromatic N) is 1. The lowest BCUT2D eigenvalue weighted by molar-refractivity contribution is 0.266. The molecule has 0 bridgehead atoms. The first-order valence-electron chi connectivity index (χ1n) is 7.75. The van der Waals surface area contributed by atoms with Crippen LogP contribution in [0, 0.1) is 0 Å². The summed E-state index contributed by atoms with van der Waals surface area (Å²) in [5, 5.41) is 9.53. The Bertz CT molecular complexity index is 606. The lowest BCUT2D eigenvalue weighted by Gasteiger charge is -2.10. The molecule has 4 nitrogen and oxygen atoms in total. The van der Waals surface area contributed by atoms with E-state index in [1.165, 1.54) is 0 Å². The second kappa shape index (κ2) is 8.96. The van der Waals surface area contributed by atoms with Gasteiger partial charge in [-0.3, -0.25) is 4.99 Å². The Morgan fingerprint density at radius 1 is 1.04 bits per heavy atom. The highest BCUT2D eigenvalue weighted by Gasteiger charge is 2.06. The molecular weight excluding hydrogens is 290 g/mol. The van der Waals surface area contributed by atoms with Gasteiger partial charge in [0.05, 0.1) is 26.4 Å². The summed E-state index contributed by atoms with van der Waals surface area (Å²) in [4.78, 5) is 4.47. The number of aliphatic hydroxyl groups excluding tert-OH is 1. The van der Waals surface area contributed by atoms with Crippen LogP contribution in [0.5, 0.6) is 11.5 Å². The number of ether oxygens (including phenoxy) is 2. The highest BCUT2D eigenvalue weighted by molar-refractivity contribution is 5.79. The highest BCUT2D eigenvalue weighted by Crippen LogP contribution is 2.14. The van der Waals surface area contributed by atoms with Gasteiger partial charge in [0.2, 0.25) is 0 Å².